The number of amides is 4. The van der Waals surface area contributed by atoms with Crippen LogP contribution in [0.15, 0.2) is 18.2 Å². The molecule has 1 aromatic heterocycles. The number of rotatable bonds is 3. The molecule has 4 amide bonds. The van der Waals surface area contributed by atoms with Crippen LogP contribution in [0, 0.1) is 18.3 Å². The fourth-order valence-corrected chi connectivity index (χ4v) is 2.34. The van der Waals surface area contributed by atoms with E-state index >= 15 is 0 Å². The van der Waals surface area contributed by atoms with Gasteiger partial charge >= 0.3 is 12.1 Å². The van der Waals surface area contributed by atoms with Crippen molar-refractivity contribution in [3.8, 4) is 17.2 Å². The number of benzene rings is 1. The molecular formula is C14H14ClN9O2. The lowest BCUT2D eigenvalue weighted by Gasteiger charge is -2.21. The lowest BCUT2D eigenvalue weighted by molar-refractivity contribution is 0.253. The van der Waals surface area contributed by atoms with Gasteiger partial charge in [-0.15, -0.1) is 0 Å². The van der Waals surface area contributed by atoms with Gasteiger partial charge in [0.2, 0.25) is 0 Å². The molecule has 134 valence electrons. The molecule has 0 fully saturated rings. The molecule has 26 heavy (non-hydrogen) atoms. The van der Waals surface area contributed by atoms with Gasteiger partial charge in [-0.2, -0.15) is 15.3 Å². The number of carbonyl (C=O) groups excluding carboxylic acids is 2. The van der Waals surface area contributed by atoms with Crippen LogP contribution in [-0.2, 0) is 0 Å². The Morgan fingerprint density at radius 3 is 2.31 bits per heavy atom. The highest BCUT2D eigenvalue weighted by atomic mass is 35.5. The molecule has 1 heterocycles. The number of anilines is 2. The van der Waals surface area contributed by atoms with E-state index in [1.165, 1.54) is 18.2 Å². The summed E-state index contributed by atoms with van der Waals surface area (Å²) >= 11 is 6.22. The summed E-state index contributed by atoms with van der Waals surface area (Å²) in [7, 11) is 0. The van der Waals surface area contributed by atoms with Crippen LogP contribution in [0.4, 0.5) is 21.4 Å². The van der Waals surface area contributed by atoms with Gasteiger partial charge in [-0.25, -0.2) is 31.3 Å². The first-order valence-corrected chi connectivity index (χ1v) is 7.32. The Morgan fingerprint density at radius 1 is 1.15 bits per heavy atom. The van der Waals surface area contributed by atoms with Gasteiger partial charge < -0.3 is 11.5 Å². The first-order valence-electron chi connectivity index (χ1n) is 6.94. The van der Waals surface area contributed by atoms with Crippen molar-refractivity contribution in [3.05, 3.63) is 34.5 Å². The number of nitrogens with two attached hydrogens (primary N) is 4. The zero-order valence-corrected chi connectivity index (χ0v) is 14.2. The second-order valence-electron chi connectivity index (χ2n) is 5.03. The van der Waals surface area contributed by atoms with Crippen molar-refractivity contribution in [2.75, 3.05) is 10.0 Å². The number of nitriles is 1. The van der Waals surface area contributed by atoms with Gasteiger partial charge in [-0.05, 0) is 25.1 Å². The summed E-state index contributed by atoms with van der Waals surface area (Å²) < 4.78 is 0. The van der Waals surface area contributed by atoms with Crippen molar-refractivity contribution in [2.45, 2.75) is 6.92 Å². The van der Waals surface area contributed by atoms with Crippen molar-refractivity contribution in [2.24, 2.45) is 23.2 Å². The SMILES string of the molecule is Cc1nc(N(N)C(N)=O)nc(N(N)C(N)=O)c1-c1cc(C#N)ccc1Cl. The maximum absolute atomic E-state index is 11.6. The average molecular weight is 376 g/mol. The first-order chi connectivity index (χ1) is 12.2. The van der Waals surface area contributed by atoms with E-state index in [9.17, 15) is 9.59 Å². The number of aryl methyl sites for hydroxylation is 1. The predicted molar refractivity (Wildman–Crippen MR) is 94.4 cm³/mol. The minimum Gasteiger partial charge on any atom is -0.350 e. The smallest absolute Gasteiger partial charge is 0.336 e. The molecule has 8 N–H and O–H groups in total. The Hall–Kier alpha value is -3.46. The Kier molecular flexibility index (Phi) is 5.22. The molecule has 0 saturated carbocycles. The number of nitrogens with zero attached hydrogens (tertiary/aromatic N) is 5. The molecular weight excluding hydrogens is 362 g/mol. The lowest BCUT2D eigenvalue weighted by Crippen LogP contribution is -2.45. The fourth-order valence-electron chi connectivity index (χ4n) is 2.13. The highest BCUT2D eigenvalue weighted by Gasteiger charge is 2.24. The molecule has 0 bridgehead atoms. The molecule has 11 nitrogen and oxygen atoms in total. The van der Waals surface area contributed by atoms with Crippen LogP contribution in [0.5, 0.6) is 0 Å². The van der Waals surface area contributed by atoms with Crippen molar-refractivity contribution in [1.29, 1.82) is 5.26 Å². The third-order valence-corrected chi connectivity index (χ3v) is 3.67. The largest absolute Gasteiger partial charge is 0.350 e. The maximum Gasteiger partial charge on any atom is 0.336 e. The summed E-state index contributed by atoms with van der Waals surface area (Å²) in [5.41, 5.74) is 11.5. The van der Waals surface area contributed by atoms with E-state index in [4.69, 9.17) is 40.0 Å². The molecule has 1 aromatic carbocycles. The number of aromatic nitrogens is 2. The highest BCUT2D eigenvalue weighted by Crippen LogP contribution is 2.37. The fraction of sp³-hybridized carbons (Fsp3) is 0.0714. The summed E-state index contributed by atoms with van der Waals surface area (Å²) in [5.74, 6) is 10.7. The van der Waals surface area contributed by atoms with Crippen LogP contribution in [0.2, 0.25) is 5.02 Å². The van der Waals surface area contributed by atoms with Gasteiger partial charge in [-0.1, -0.05) is 11.6 Å². The molecule has 0 aliphatic rings. The van der Waals surface area contributed by atoms with Crippen molar-refractivity contribution < 1.29 is 9.59 Å². The van der Waals surface area contributed by atoms with Gasteiger partial charge in [0.1, 0.15) is 0 Å². The molecule has 0 atom stereocenters. The van der Waals surface area contributed by atoms with Crippen LogP contribution in [0.1, 0.15) is 11.3 Å². The van der Waals surface area contributed by atoms with Crippen LogP contribution in [0.25, 0.3) is 11.1 Å². The summed E-state index contributed by atoms with van der Waals surface area (Å²) in [5, 5.41) is 10.4. The second-order valence-corrected chi connectivity index (χ2v) is 5.44. The Labute approximate surface area is 152 Å². The minimum atomic E-state index is -1.04. The summed E-state index contributed by atoms with van der Waals surface area (Å²) in [6.07, 6.45) is 0. The summed E-state index contributed by atoms with van der Waals surface area (Å²) in [6, 6.07) is 4.39. The molecule has 0 saturated heterocycles. The Morgan fingerprint density at radius 2 is 1.77 bits per heavy atom. The van der Waals surface area contributed by atoms with Crippen LogP contribution >= 0.6 is 11.6 Å². The zero-order chi connectivity index (χ0) is 19.6. The Bertz CT molecular complexity index is 941. The van der Waals surface area contributed by atoms with Gasteiger partial charge in [0.05, 0.1) is 17.3 Å². The van der Waals surface area contributed by atoms with E-state index in [1.807, 2.05) is 6.07 Å². The summed E-state index contributed by atoms with van der Waals surface area (Å²) in [4.78, 5) is 30.9. The number of carbonyl (C=O) groups is 2. The molecule has 0 spiro atoms. The number of hydrazine groups is 2. The first kappa shape index (κ1) is 18.9. The van der Waals surface area contributed by atoms with Crippen LogP contribution in [-0.4, -0.2) is 22.0 Å². The number of urea groups is 2. The zero-order valence-electron chi connectivity index (χ0n) is 13.5. The van der Waals surface area contributed by atoms with Gasteiger partial charge in [-0.3, -0.25) is 0 Å². The Balaban J connectivity index is 2.83. The molecule has 0 radical (unpaired) electrons. The van der Waals surface area contributed by atoms with Crippen molar-refractivity contribution >= 4 is 35.4 Å². The van der Waals surface area contributed by atoms with Gasteiger partial charge in [0.25, 0.3) is 5.95 Å². The average Bonchev–Trinajstić information content (AvgIpc) is 2.60. The molecule has 0 aliphatic carbocycles. The van der Waals surface area contributed by atoms with E-state index in [-0.39, 0.29) is 28.0 Å². The number of primary amides is 2. The predicted octanol–water partition coefficient (Wildman–Crippen LogP) is 0.495. The van der Waals surface area contributed by atoms with E-state index < -0.39 is 12.1 Å². The normalized spacial score (nSPS) is 10.1. The number of hydrogen-bond donors (Lipinski definition) is 4. The molecule has 0 unspecified atom stereocenters. The van der Waals surface area contributed by atoms with Gasteiger partial charge in [0, 0.05) is 16.1 Å². The van der Waals surface area contributed by atoms with E-state index in [0.29, 0.717) is 21.1 Å². The van der Waals surface area contributed by atoms with E-state index in [2.05, 4.69) is 9.97 Å². The van der Waals surface area contributed by atoms with Gasteiger partial charge in [0.15, 0.2) is 5.82 Å². The van der Waals surface area contributed by atoms with Crippen LogP contribution < -0.4 is 33.2 Å². The molecule has 2 rings (SSSR count). The lowest BCUT2D eigenvalue weighted by atomic mass is 10.0. The van der Waals surface area contributed by atoms with E-state index in [0.717, 1.165) is 0 Å². The number of hydrogen-bond acceptors (Lipinski definition) is 7. The topological polar surface area (TPSA) is 194 Å². The summed E-state index contributed by atoms with van der Waals surface area (Å²) in [6.45, 7) is 1.54. The minimum absolute atomic E-state index is 0.173. The maximum atomic E-state index is 11.6. The monoisotopic (exact) mass is 375 g/mol. The molecule has 12 heteroatoms. The third kappa shape index (κ3) is 3.47. The molecule has 0 aliphatic heterocycles. The second kappa shape index (κ2) is 7.19. The highest BCUT2D eigenvalue weighted by molar-refractivity contribution is 6.33. The standard InChI is InChI=1S/C14H14ClN9O2/c1-6-10(8-4-7(5-16)2-3-9(8)15)11(23(19)12(17)25)22-14(21-6)24(20)13(18)26/h2-4H,19-20H2,1H3,(H2,17,25)(H2,18,26). The number of halogens is 1. The van der Waals surface area contributed by atoms with Crippen molar-refractivity contribution in [1.82, 2.24) is 9.97 Å². The van der Waals surface area contributed by atoms with Crippen molar-refractivity contribution in [3.63, 3.8) is 0 Å². The quantitative estimate of drug-likeness (QED) is 0.340. The van der Waals surface area contributed by atoms with E-state index in [1.54, 1.807) is 6.92 Å². The molecule has 2 aromatic rings. The van der Waals surface area contributed by atoms with Crippen LogP contribution in [0.3, 0.4) is 0 Å². The third-order valence-electron chi connectivity index (χ3n) is 3.34.